The standard InChI is InChI=1S/C20H38N10O8/c21-6-2-1-4-12(28-15(32)10-38-25)19(37)30-11(5-3-7-26-20(23)24)18(36)27-9-14(31)29-13(17(22)35)8-16(33)34/h11-13H,1-10,21,25H2,(H2,22,35)(H,27,36)(H,28,32)(H,29,31)(H,30,37)(H,33,34)(H4,23,24,26). The average molecular weight is 547 g/mol. The molecule has 0 bridgehead atoms. The molecule has 3 unspecified atom stereocenters. The number of carboxylic acid groups (broad SMARTS) is 1. The van der Waals surface area contributed by atoms with Crippen LogP contribution in [0.5, 0.6) is 0 Å². The van der Waals surface area contributed by atoms with E-state index in [-0.39, 0.29) is 31.8 Å². The van der Waals surface area contributed by atoms with Crippen LogP contribution in [0.25, 0.3) is 0 Å². The van der Waals surface area contributed by atoms with Crippen LogP contribution in [0.3, 0.4) is 0 Å². The molecule has 18 nitrogen and oxygen atoms in total. The highest BCUT2D eigenvalue weighted by Crippen LogP contribution is 2.05. The van der Waals surface area contributed by atoms with Crippen molar-refractivity contribution in [3.63, 3.8) is 0 Å². The Bertz CT molecular complexity index is 850. The fourth-order valence-corrected chi connectivity index (χ4v) is 3.05. The van der Waals surface area contributed by atoms with Crippen LogP contribution >= 0.6 is 0 Å². The van der Waals surface area contributed by atoms with Crippen molar-refractivity contribution in [3.8, 4) is 0 Å². The molecular weight excluding hydrogens is 508 g/mol. The summed E-state index contributed by atoms with van der Waals surface area (Å²) < 4.78 is 0. The van der Waals surface area contributed by atoms with Gasteiger partial charge in [0.05, 0.1) is 13.0 Å². The molecule has 0 aromatic rings. The summed E-state index contributed by atoms with van der Waals surface area (Å²) in [4.78, 5) is 80.0. The first kappa shape index (κ1) is 34.0. The molecule has 3 atom stereocenters. The van der Waals surface area contributed by atoms with E-state index >= 15 is 0 Å². The number of carbonyl (C=O) groups is 6. The average Bonchev–Trinajstić information content (AvgIpc) is 2.83. The van der Waals surface area contributed by atoms with Crippen LogP contribution in [0.4, 0.5) is 0 Å². The summed E-state index contributed by atoms with van der Waals surface area (Å²) in [5.41, 5.74) is 21.1. The molecule has 5 amide bonds. The normalized spacial score (nSPS) is 12.8. The van der Waals surface area contributed by atoms with E-state index < -0.39 is 73.2 Å². The van der Waals surface area contributed by atoms with Crippen molar-refractivity contribution in [1.82, 2.24) is 21.3 Å². The lowest BCUT2D eigenvalue weighted by molar-refractivity contribution is -0.140. The Morgan fingerprint density at radius 3 is 1.97 bits per heavy atom. The number of guanidine groups is 1. The molecule has 0 aromatic heterocycles. The van der Waals surface area contributed by atoms with Crippen molar-refractivity contribution in [2.75, 3.05) is 26.2 Å². The fraction of sp³-hybridized carbons (Fsp3) is 0.650. The van der Waals surface area contributed by atoms with E-state index in [0.717, 1.165) is 0 Å². The molecule has 18 heteroatoms. The molecule has 0 aromatic carbocycles. The highest BCUT2D eigenvalue weighted by atomic mass is 16.6. The molecular formula is C20H38N10O8. The van der Waals surface area contributed by atoms with Gasteiger partial charge in [-0.25, -0.2) is 5.90 Å². The number of unbranched alkanes of at least 4 members (excludes halogenated alkanes) is 1. The van der Waals surface area contributed by atoms with Gasteiger partial charge in [0.15, 0.2) is 5.96 Å². The van der Waals surface area contributed by atoms with E-state index in [9.17, 15) is 28.8 Å². The molecule has 0 heterocycles. The summed E-state index contributed by atoms with van der Waals surface area (Å²) in [5.74, 6) is -0.711. The van der Waals surface area contributed by atoms with Crippen LogP contribution in [0.15, 0.2) is 4.99 Å². The summed E-state index contributed by atoms with van der Waals surface area (Å²) in [6.07, 6.45) is 0.855. The molecule has 0 aliphatic carbocycles. The lowest BCUT2D eigenvalue weighted by Gasteiger charge is -2.23. The minimum atomic E-state index is -1.48. The zero-order valence-corrected chi connectivity index (χ0v) is 20.9. The predicted octanol–water partition coefficient (Wildman–Crippen LogP) is -5.41. The number of amides is 5. The lowest BCUT2D eigenvalue weighted by Crippen LogP contribution is -2.55. The fourth-order valence-electron chi connectivity index (χ4n) is 3.05. The van der Waals surface area contributed by atoms with E-state index in [2.05, 4.69) is 31.1 Å². The molecule has 15 N–H and O–H groups in total. The van der Waals surface area contributed by atoms with Crippen molar-refractivity contribution < 1.29 is 38.7 Å². The molecule has 0 spiro atoms. The van der Waals surface area contributed by atoms with Gasteiger partial charge in [-0.05, 0) is 38.6 Å². The Kier molecular flexibility index (Phi) is 17.1. The van der Waals surface area contributed by atoms with Gasteiger partial charge in [0.2, 0.25) is 29.5 Å². The third-order valence-electron chi connectivity index (χ3n) is 4.87. The number of nitrogens with two attached hydrogens (primary N) is 5. The van der Waals surface area contributed by atoms with Crippen LogP contribution in [0, 0.1) is 0 Å². The van der Waals surface area contributed by atoms with Gasteiger partial charge < -0.3 is 49.3 Å². The minimum absolute atomic E-state index is 0.0499. The number of primary amides is 1. The molecule has 0 aliphatic rings. The summed E-state index contributed by atoms with van der Waals surface area (Å²) in [6, 6.07) is -3.69. The van der Waals surface area contributed by atoms with Crippen molar-refractivity contribution in [1.29, 1.82) is 0 Å². The van der Waals surface area contributed by atoms with E-state index in [0.29, 0.717) is 19.4 Å². The van der Waals surface area contributed by atoms with Crippen LogP contribution in [-0.4, -0.2) is 90.9 Å². The second kappa shape index (κ2) is 19.1. The van der Waals surface area contributed by atoms with Gasteiger partial charge in [-0.15, -0.1) is 0 Å². The van der Waals surface area contributed by atoms with Crippen LogP contribution in [-0.2, 0) is 33.6 Å². The number of carboxylic acids is 1. The van der Waals surface area contributed by atoms with Gasteiger partial charge in [0.25, 0.3) is 0 Å². The number of carbonyl (C=O) groups excluding carboxylic acids is 5. The zero-order chi connectivity index (χ0) is 29.1. The smallest absolute Gasteiger partial charge is 0.305 e. The van der Waals surface area contributed by atoms with Crippen LogP contribution in [0.1, 0.15) is 38.5 Å². The molecule has 0 radical (unpaired) electrons. The maximum Gasteiger partial charge on any atom is 0.305 e. The second-order valence-corrected chi connectivity index (χ2v) is 8.06. The topological polar surface area (TPSA) is 322 Å². The third-order valence-corrected chi connectivity index (χ3v) is 4.87. The summed E-state index contributed by atoms with van der Waals surface area (Å²) in [6.45, 7) is -0.628. The van der Waals surface area contributed by atoms with E-state index in [1.54, 1.807) is 0 Å². The van der Waals surface area contributed by atoms with Gasteiger partial charge in [-0.2, -0.15) is 0 Å². The molecule has 0 aliphatic heterocycles. The summed E-state index contributed by atoms with van der Waals surface area (Å²) in [7, 11) is 0. The molecule has 0 saturated heterocycles. The second-order valence-electron chi connectivity index (χ2n) is 8.06. The van der Waals surface area contributed by atoms with E-state index in [4.69, 9.17) is 33.9 Å². The Balaban J connectivity index is 5.38. The van der Waals surface area contributed by atoms with Crippen molar-refractivity contribution in [2.45, 2.75) is 56.7 Å². The number of nitrogens with zero attached hydrogens (tertiary/aromatic N) is 1. The quantitative estimate of drug-likeness (QED) is 0.0296. The SMILES string of the molecule is NCCCCC(NC(=O)CON)C(=O)NC(CCCN=C(N)N)C(=O)NCC(=O)NC(CC(=O)O)C(N)=O. The van der Waals surface area contributed by atoms with Crippen LogP contribution < -0.4 is 50.1 Å². The summed E-state index contributed by atoms with van der Waals surface area (Å²) >= 11 is 0. The molecule has 0 fully saturated rings. The molecule has 0 saturated carbocycles. The molecule has 0 rings (SSSR count). The Morgan fingerprint density at radius 2 is 1.42 bits per heavy atom. The number of aliphatic imine (C=N–C) groups is 1. The molecule has 216 valence electrons. The number of aliphatic carboxylic acids is 1. The first-order valence-electron chi connectivity index (χ1n) is 11.7. The third kappa shape index (κ3) is 15.9. The number of nitrogens with one attached hydrogen (secondary N) is 4. The lowest BCUT2D eigenvalue weighted by atomic mass is 10.1. The maximum absolute atomic E-state index is 12.9. The molecule has 38 heavy (non-hydrogen) atoms. The van der Waals surface area contributed by atoms with Gasteiger partial charge in [-0.3, -0.25) is 38.6 Å². The first-order chi connectivity index (χ1) is 17.9. The number of rotatable bonds is 20. The Hall–Kier alpha value is -4.03. The van der Waals surface area contributed by atoms with Gasteiger partial charge >= 0.3 is 5.97 Å². The van der Waals surface area contributed by atoms with Gasteiger partial charge in [0, 0.05) is 6.54 Å². The van der Waals surface area contributed by atoms with E-state index in [1.165, 1.54) is 0 Å². The van der Waals surface area contributed by atoms with Gasteiger partial charge in [0.1, 0.15) is 24.7 Å². The van der Waals surface area contributed by atoms with Crippen molar-refractivity contribution >= 4 is 41.5 Å². The highest BCUT2D eigenvalue weighted by molar-refractivity contribution is 5.94. The van der Waals surface area contributed by atoms with Crippen molar-refractivity contribution in [2.24, 2.45) is 33.8 Å². The highest BCUT2D eigenvalue weighted by Gasteiger charge is 2.27. The minimum Gasteiger partial charge on any atom is -0.481 e. The Labute approximate surface area is 218 Å². The zero-order valence-electron chi connectivity index (χ0n) is 20.9. The monoisotopic (exact) mass is 546 g/mol. The maximum atomic E-state index is 12.9. The summed E-state index contributed by atoms with van der Waals surface area (Å²) in [5, 5.41) is 18.2. The Morgan fingerprint density at radius 1 is 0.816 bits per heavy atom. The van der Waals surface area contributed by atoms with Crippen LogP contribution in [0.2, 0.25) is 0 Å². The number of hydrogen-bond acceptors (Lipinski definition) is 10. The van der Waals surface area contributed by atoms with Crippen molar-refractivity contribution in [3.05, 3.63) is 0 Å². The predicted molar refractivity (Wildman–Crippen MR) is 133 cm³/mol. The first-order valence-corrected chi connectivity index (χ1v) is 11.7. The number of hydrogen-bond donors (Lipinski definition) is 10. The van der Waals surface area contributed by atoms with E-state index in [1.807, 2.05) is 0 Å². The largest absolute Gasteiger partial charge is 0.481 e. The van der Waals surface area contributed by atoms with Gasteiger partial charge in [-0.1, -0.05) is 0 Å².